The van der Waals surface area contributed by atoms with Crippen molar-refractivity contribution < 1.29 is 0 Å². The molecule has 0 bridgehead atoms. The lowest BCUT2D eigenvalue weighted by Gasteiger charge is -2.23. The van der Waals surface area contributed by atoms with Gasteiger partial charge >= 0.3 is 0 Å². The van der Waals surface area contributed by atoms with E-state index in [1.165, 1.54) is 18.4 Å². The van der Waals surface area contributed by atoms with Gasteiger partial charge in [-0.2, -0.15) is 0 Å². The predicted octanol–water partition coefficient (Wildman–Crippen LogP) is 2.66. The molecule has 1 aliphatic rings. The largest absolute Gasteiger partial charge is 0.357 e. The Morgan fingerprint density at radius 1 is 1.26 bits per heavy atom. The van der Waals surface area contributed by atoms with Crippen LogP contribution in [0.4, 0.5) is 0 Å². The average Bonchev–Trinajstić information content (AvgIpc) is 3.41. The SMILES string of the molecule is CCNC(=NCC(C)N(C)C1CC1)NCCCc1ccccc1. The highest BCUT2D eigenvalue weighted by Gasteiger charge is 2.28. The first-order valence-corrected chi connectivity index (χ1v) is 8.98. The molecule has 0 aromatic heterocycles. The van der Waals surface area contributed by atoms with Crippen molar-refractivity contribution in [3.8, 4) is 0 Å². The third-order valence-corrected chi connectivity index (χ3v) is 4.45. The summed E-state index contributed by atoms with van der Waals surface area (Å²) in [7, 11) is 2.22. The third kappa shape index (κ3) is 6.61. The van der Waals surface area contributed by atoms with Crippen molar-refractivity contribution in [1.82, 2.24) is 15.5 Å². The number of nitrogens with one attached hydrogen (secondary N) is 2. The van der Waals surface area contributed by atoms with E-state index in [1.807, 2.05) is 0 Å². The molecule has 1 aromatic rings. The first-order chi connectivity index (χ1) is 11.2. The molecule has 1 aromatic carbocycles. The van der Waals surface area contributed by atoms with Crippen LogP contribution in [0.3, 0.4) is 0 Å². The summed E-state index contributed by atoms with van der Waals surface area (Å²) < 4.78 is 0. The van der Waals surface area contributed by atoms with Gasteiger partial charge in [-0.05, 0) is 52.1 Å². The molecule has 1 saturated carbocycles. The summed E-state index contributed by atoms with van der Waals surface area (Å²) in [6.07, 6.45) is 4.92. The number of likely N-dealkylation sites (N-methyl/N-ethyl adjacent to an activating group) is 1. The van der Waals surface area contributed by atoms with Gasteiger partial charge in [-0.25, -0.2) is 0 Å². The van der Waals surface area contributed by atoms with Crippen LogP contribution >= 0.6 is 0 Å². The molecular formula is C19H32N4. The molecule has 1 fully saturated rings. The van der Waals surface area contributed by atoms with Crippen molar-refractivity contribution in [2.75, 3.05) is 26.7 Å². The summed E-state index contributed by atoms with van der Waals surface area (Å²) in [5.41, 5.74) is 1.40. The quantitative estimate of drug-likeness (QED) is 0.418. The van der Waals surface area contributed by atoms with E-state index in [9.17, 15) is 0 Å². The molecule has 4 heteroatoms. The Hall–Kier alpha value is -1.55. The van der Waals surface area contributed by atoms with E-state index in [2.05, 4.69) is 66.8 Å². The van der Waals surface area contributed by atoms with Gasteiger partial charge in [0.05, 0.1) is 6.54 Å². The van der Waals surface area contributed by atoms with Crippen molar-refractivity contribution in [2.45, 2.75) is 51.6 Å². The van der Waals surface area contributed by atoms with E-state index in [-0.39, 0.29) is 0 Å². The second kappa shape index (κ2) is 9.56. The monoisotopic (exact) mass is 316 g/mol. The molecule has 2 N–H and O–H groups in total. The van der Waals surface area contributed by atoms with Crippen LogP contribution in [0.1, 0.15) is 38.7 Å². The number of benzene rings is 1. The Bertz CT molecular complexity index is 468. The van der Waals surface area contributed by atoms with Crippen LogP contribution in [-0.2, 0) is 6.42 Å². The molecule has 0 heterocycles. The molecule has 0 amide bonds. The molecule has 0 radical (unpaired) electrons. The van der Waals surface area contributed by atoms with Crippen LogP contribution in [0, 0.1) is 0 Å². The number of aliphatic imine (C=N–C) groups is 1. The smallest absolute Gasteiger partial charge is 0.191 e. The lowest BCUT2D eigenvalue weighted by molar-refractivity contribution is 0.253. The van der Waals surface area contributed by atoms with Crippen LogP contribution in [0.2, 0.25) is 0 Å². The fraction of sp³-hybridized carbons (Fsp3) is 0.632. The molecule has 0 aliphatic heterocycles. The molecule has 1 unspecified atom stereocenters. The van der Waals surface area contributed by atoms with E-state index < -0.39 is 0 Å². The topological polar surface area (TPSA) is 39.7 Å². The van der Waals surface area contributed by atoms with Crippen LogP contribution in [-0.4, -0.2) is 49.6 Å². The maximum atomic E-state index is 4.74. The maximum absolute atomic E-state index is 4.74. The highest BCUT2D eigenvalue weighted by molar-refractivity contribution is 5.79. The van der Waals surface area contributed by atoms with E-state index >= 15 is 0 Å². The highest BCUT2D eigenvalue weighted by atomic mass is 15.2. The zero-order chi connectivity index (χ0) is 16.5. The summed E-state index contributed by atoms with van der Waals surface area (Å²) in [5.74, 6) is 0.941. The summed E-state index contributed by atoms with van der Waals surface area (Å²) in [5, 5.41) is 6.79. The van der Waals surface area contributed by atoms with Gasteiger partial charge in [-0.3, -0.25) is 9.89 Å². The van der Waals surface area contributed by atoms with Gasteiger partial charge in [0, 0.05) is 25.2 Å². The molecule has 2 rings (SSSR count). The zero-order valence-electron chi connectivity index (χ0n) is 14.9. The molecule has 4 nitrogen and oxygen atoms in total. The second-order valence-corrected chi connectivity index (χ2v) is 6.48. The number of hydrogen-bond donors (Lipinski definition) is 2. The Labute approximate surface area is 141 Å². The van der Waals surface area contributed by atoms with Crippen LogP contribution < -0.4 is 10.6 Å². The molecule has 1 atom stereocenters. The summed E-state index contributed by atoms with van der Waals surface area (Å²) in [6, 6.07) is 11.9. The number of hydrogen-bond acceptors (Lipinski definition) is 2. The summed E-state index contributed by atoms with van der Waals surface area (Å²) in [4.78, 5) is 7.20. The first-order valence-electron chi connectivity index (χ1n) is 8.98. The van der Waals surface area contributed by atoms with Gasteiger partial charge in [0.1, 0.15) is 0 Å². The van der Waals surface area contributed by atoms with Gasteiger partial charge in [0.25, 0.3) is 0 Å². The van der Waals surface area contributed by atoms with Crippen molar-refractivity contribution in [1.29, 1.82) is 0 Å². The normalized spacial score (nSPS) is 16.4. The zero-order valence-corrected chi connectivity index (χ0v) is 14.9. The molecule has 1 aliphatic carbocycles. The van der Waals surface area contributed by atoms with E-state index in [1.54, 1.807) is 0 Å². The maximum Gasteiger partial charge on any atom is 0.191 e. The molecule has 23 heavy (non-hydrogen) atoms. The molecule has 128 valence electrons. The van der Waals surface area contributed by atoms with Gasteiger partial charge in [-0.1, -0.05) is 30.3 Å². The highest BCUT2D eigenvalue weighted by Crippen LogP contribution is 2.26. The number of guanidine groups is 1. The minimum absolute atomic E-state index is 0.502. The van der Waals surface area contributed by atoms with Crippen LogP contribution in [0.25, 0.3) is 0 Å². The fourth-order valence-corrected chi connectivity index (χ4v) is 2.68. The molecular weight excluding hydrogens is 284 g/mol. The average molecular weight is 316 g/mol. The number of nitrogens with zero attached hydrogens (tertiary/aromatic N) is 2. The van der Waals surface area contributed by atoms with Gasteiger partial charge < -0.3 is 10.6 Å². The number of rotatable bonds is 9. The minimum Gasteiger partial charge on any atom is -0.357 e. The van der Waals surface area contributed by atoms with Crippen molar-refractivity contribution in [3.63, 3.8) is 0 Å². The number of aryl methyl sites for hydroxylation is 1. The Morgan fingerprint density at radius 3 is 2.65 bits per heavy atom. The van der Waals surface area contributed by atoms with Gasteiger partial charge in [0.2, 0.25) is 0 Å². The Kier molecular flexibility index (Phi) is 7.40. The molecule has 0 saturated heterocycles. The second-order valence-electron chi connectivity index (χ2n) is 6.48. The van der Waals surface area contributed by atoms with Crippen molar-refractivity contribution in [3.05, 3.63) is 35.9 Å². The predicted molar refractivity (Wildman–Crippen MR) is 99.0 cm³/mol. The van der Waals surface area contributed by atoms with Crippen molar-refractivity contribution >= 4 is 5.96 Å². The Balaban J connectivity index is 1.70. The lowest BCUT2D eigenvalue weighted by atomic mass is 10.1. The van der Waals surface area contributed by atoms with Gasteiger partial charge in [0.15, 0.2) is 5.96 Å². The Morgan fingerprint density at radius 2 is 2.00 bits per heavy atom. The van der Waals surface area contributed by atoms with Crippen LogP contribution in [0.15, 0.2) is 35.3 Å². The van der Waals surface area contributed by atoms with Crippen LogP contribution in [0.5, 0.6) is 0 Å². The third-order valence-electron chi connectivity index (χ3n) is 4.45. The van der Waals surface area contributed by atoms with E-state index in [4.69, 9.17) is 4.99 Å². The standard InChI is InChI=1S/C19H32N4/c1-4-20-19(22-15-16(2)23(3)18-12-13-18)21-14-8-11-17-9-6-5-7-10-17/h5-7,9-10,16,18H,4,8,11-15H2,1-3H3,(H2,20,21,22). The lowest BCUT2D eigenvalue weighted by Crippen LogP contribution is -2.40. The van der Waals surface area contributed by atoms with Crippen molar-refractivity contribution in [2.24, 2.45) is 4.99 Å². The molecule has 0 spiro atoms. The summed E-state index contributed by atoms with van der Waals surface area (Å²) >= 11 is 0. The fourth-order valence-electron chi connectivity index (χ4n) is 2.68. The summed E-state index contributed by atoms with van der Waals surface area (Å²) in [6.45, 7) is 7.08. The van der Waals surface area contributed by atoms with E-state index in [0.29, 0.717) is 6.04 Å². The minimum atomic E-state index is 0.502. The van der Waals surface area contributed by atoms with Gasteiger partial charge in [-0.15, -0.1) is 0 Å². The first kappa shape index (κ1) is 17.8. The van der Waals surface area contributed by atoms with E-state index in [0.717, 1.165) is 44.5 Å².